The van der Waals surface area contributed by atoms with E-state index in [1.807, 2.05) is 24.8 Å². The van der Waals surface area contributed by atoms with Gasteiger partial charge in [-0.25, -0.2) is 8.42 Å². The Hall–Kier alpha value is -0.480. The second kappa shape index (κ2) is 11.3. The Morgan fingerprint density at radius 2 is 2.08 bits per heavy atom. The molecule has 8 heteroatoms. The van der Waals surface area contributed by atoms with Crippen molar-refractivity contribution in [2.24, 2.45) is 10.9 Å². The van der Waals surface area contributed by atoms with E-state index in [2.05, 4.69) is 39.5 Å². The lowest BCUT2D eigenvalue weighted by Crippen LogP contribution is -2.40. The number of benzene rings is 1. The van der Waals surface area contributed by atoms with Gasteiger partial charge in [-0.1, -0.05) is 18.2 Å². The minimum Gasteiger partial charge on any atom is -0.357 e. The summed E-state index contributed by atoms with van der Waals surface area (Å²) in [6.45, 7) is 5.10. The number of aliphatic imine (C=N–C) groups is 1. The summed E-state index contributed by atoms with van der Waals surface area (Å²) in [4.78, 5) is 8.04. The van der Waals surface area contributed by atoms with Gasteiger partial charge in [0.05, 0.1) is 12.3 Å². The van der Waals surface area contributed by atoms with Crippen LogP contribution in [-0.4, -0.2) is 63.2 Å². The number of likely N-dealkylation sites (tertiary alicyclic amines) is 1. The quantitative estimate of drug-likeness (QED) is 0.272. The number of nitrogens with zero attached hydrogens (tertiary/aromatic N) is 2. The third-order valence-electron chi connectivity index (χ3n) is 3.87. The Labute approximate surface area is 173 Å². The van der Waals surface area contributed by atoms with Crippen molar-refractivity contribution < 1.29 is 8.42 Å². The molecule has 1 fully saturated rings. The van der Waals surface area contributed by atoms with Gasteiger partial charge in [0.2, 0.25) is 0 Å². The van der Waals surface area contributed by atoms with E-state index in [4.69, 9.17) is 0 Å². The fourth-order valence-electron chi connectivity index (χ4n) is 2.64. The van der Waals surface area contributed by atoms with Gasteiger partial charge >= 0.3 is 0 Å². The number of nitrogens with one attached hydrogen (secondary N) is 1. The molecule has 0 bridgehead atoms. The Balaban J connectivity index is 0.00000312. The van der Waals surface area contributed by atoms with Crippen LogP contribution in [0.1, 0.15) is 13.3 Å². The van der Waals surface area contributed by atoms with Gasteiger partial charge in [-0.15, -0.1) is 35.7 Å². The highest BCUT2D eigenvalue weighted by Gasteiger charge is 2.24. The van der Waals surface area contributed by atoms with E-state index in [-0.39, 0.29) is 29.7 Å². The molecule has 1 aliphatic heterocycles. The number of hydrogen-bond acceptors (Lipinski definition) is 4. The van der Waals surface area contributed by atoms with Gasteiger partial charge in [0.15, 0.2) is 5.96 Å². The van der Waals surface area contributed by atoms with Crippen LogP contribution in [0.25, 0.3) is 0 Å². The fourth-order valence-corrected chi connectivity index (χ4v) is 4.11. The van der Waals surface area contributed by atoms with Crippen molar-refractivity contribution in [1.29, 1.82) is 0 Å². The van der Waals surface area contributed by atoms with Crippen LogP contribution in [0.15, 0.2) is 40.2 Å². The standard InChI is InChI=1S/C17H27N3O2S2.HI/c1-3-18-17(19-10-12-24(2,21)22)20-11-9-15(13-20)14-23-16-7-5-4-6-8-16;/h4-8,15H,3,9-14H2,1-2H3,(H,18,19);1H. The summed E-state index contributed by atoms with van der Waals surface area (Å²) in [5.74, 6) is 2.68. The van der Waals surface area contributed by atoms with Crippen LogP contribution in [0.5, 0.6) is 0 Å². The molecule has 1 aromatic rings. The molecule has 25 heavy (non-hydrogen) atoms. The van der Waals surface area contributed by atoms with Crippen molar-refractivity contribution in [1.82, 2.24) is 10.2 Å². The number of rotatable bonds is 7. The van der Waals surface area contributed by atoms with Crippen LogP contribution in [0, 0.1) is 5.92 Å². The molecule has 1 atom stereocenters. The zero-order chi connectivity index (χ0) is 17.4. The maximum Gasteiger partial charge on any atom is 0.193 e. The van der Waals surface area contributed by atoms with Crippen LogP contribution in [-0.2, 0) is 9.84 Å². The highest BCUT2D eigenvalue weighted by Crippen LogP contribution is 2.25. The highest BCUT2D eigenvalue weighted by atomic mass is 127. The summed E-state index contributed by atoms with van der Waals surface area (Å²) in [5.41, 5.74) is 0. The van der Waals surface area contributed by atoms with Crippen molar-refractivity contribution in [2.75, 3.05) is 43.9 Å². The largest absolute Gasteiger partial charge is 0.357 e. The molecular weight excluding hydrogens is 469 g/mol. The number of halogens is 1. The molecule has 0 saturated carbocycles. The van der Waals surface area contributed by atoms with E-state index in [0.717, 1.165) is 37.8 Å². The van der Waals surface area contributed by atoms with Crippen molar-refractivity contribution in [3.63, 3.8) is 0 Å². The lowest BCUT2D eigenvalue weighted by Gasteiger charge is -2.21. The first kappa shape index (κ1) is 22.6. The molecule has 0 spiro atoms. The molecule has 1 N–H and O–H groups in total. The van der Waals surface area contributed by atoms with Crippen molar-refractivity contribution in [3.8, 4) is 0 Å². The third kappa shape index (κ3) is 8.63. The van der Waals surface area contributed by atoms with Crippen molar-refractivity contribution >= 4 is 51.5 Å². The molecule has 0 radical (unpaired) electrons. The van der Waals surface area contributed by atoms with Gasteiger partial charge in [0.1, 0.15) is 9.84 Å². The van der Waals surface area contributed by atoms with Crippen LogP contribution >= 0.6 is 35.7 Å². The zero-order valence-electron chi connectivity index (χ0n) is 14.8. The van der Waals surface area contributed by atoms with Crippen LogP contribution < -0.4 is 5.32 Å². The monoisotopic (exact) mass is 497 g/mol. The molecule has 5 nitrogen and oxygen atoms in total. The number of guanidine groups is 1. The maximum absolute atomic E-state index is 11.3. The van der Waals surface area contributed by atoms with Crippen LogP contribution in [0.2, 0.25) is 0 Å². The summed E-state index contributed by atoms with van der Waals surface area (Å²) in [6.07, 6.45) is 2.40. The molecule has 0 amide bonds. The summed E-state index contributed by atoms with van der Waals surface area (Å²) in [7, 11) is -2.96. The van der Waals surface area contributed by atoms with E-state index in [1.165, 1.54) is 11.2 Å². The fraction of sp³-hybridized carbons (Fsp3) is 0.588. The highest BCUT2D eigenvalue weighted by molar-refractivity contribution is 14.0. The lowest BCUT2D eigenvalue weighted by atomic mass is 10.2. The Bertz CT molecular complexity index is 639. The molecule has 1 heterocycles. The van der Waals surface area contributed by atoms with Gasteiger partial charge in [0, 0.05) is 36.5 Å². The molecule has 142 valence electrons. The molecule has 2 rings (SSSR count). The molecule has 1 aliphatic rings. The predicted octanol–water partition coefficient (Wildman–Crippen LogP) is 2.73. The molecule has 0 aliphatic carbocycles. The van der Waals surface area contributed by atoms with Gasteiger partial charge < -0.3 is 10.2 Å². The Morgan fingerprint density at radius 1 is 1.36 bits per heavy atom. The molecule has 1 aromatic carbocycles. The third-order valence-corrected chi connectivity index (χ3v) is 6.04. The Morgan fingerprint density at radius 3 is 2.72 bits per heavy atom. The van der Waals surface area contributed by atoms with Gasteiger partial charge in [0.25, 0.3) is 0 Å². The van der Waals surface area contributed by atoms with Gasteiger partial charge in [-0.2, -0.15) is 0 Å². The second-order valence-electron chi connectivity index (χ2n) is 6.09. The van der Waals surface area contributed by atoms with E-state index >= 15 is 0 Å². The zero-order valence-corrected chi connectivity index (χ0v) is 18.8. The smallest absolute Gasteiger partial charge is 0.193 e. The van der Waals surface area contributed by atoms with E-state index in [9.17, 15) is 8.42 Å². The number of sulfone groups is 1. The first-order chi connectivity index (χ1) is 11.5. The van der Waals surface area contributed by atoms with Crippen LogP contribution in [0.4, 0.5) is 0 Å². The first-order valence-electron chi connectivity index (χ1n) is 8.37. The minimum atomic E-state index is -2.96. The summed E-state index contributed by atoms with van der Waals surface area (Å²) < 4.78 is 22.5. The second-order valence-corrected chi connectivity index (χ2v) is 9.44. The molecule has 0 aromatic heterocycles. The topological polar surface area (TPSA) is 61.8 Å². The lowest BCUT2D eigenvalue weighted by molar-refractivity contribution is 0.475. The Kier molecular flexibility index (Phi) is 10.2. The summed E-state index contributed by atoms with van der Waals surface area (Å²) in [5, 5.41) is 3.28. The van der Waals surface area contributed by atoms with E-state index in [0.29, 0.717) is 12.5 Å². The minimum absolute atomic E-state index is 0. The van der Waals surface area contributed by atoms with E-state index < -0.39 is 9.84 Å². The van der Waals surface area contributed by atoms with Crippen molar-refractivity contribution in [3.05, 3.63) is 30.3 Å². The average Bonchev–Trinajstić information content (AvgIpc) is 3.01. The molecule has 1 unspecified atom stereocenters. The summed E-state index contributed by atoms with van der Waals surface area (Å²) >= 11 is 1.90. The predicted molar refractivity (Wildman–Crippen MR) is 118 cm³/mol. The van der Waals surface area contributed by atoms with Crippen molar-refractivity contribution in [2.45, 2.75) is 18.2 Å². The average molecular weight is 497 g/mol. The van der Waals surface area contributed by atoms with E-state index in [1.54, 1.807) is 0 Å². The molecular formula is C17H28IN3O2S2. The first-order valence-corrected chi connectivity index (χ1v) is 11.4. The molecule has 1 saturated heterocycles. The van der Waals surface area contributed by atoms with Gasteiger partial charge in [-0.05, 0) is 31.4 Å². The van der Waals surface area contributed by atoms with Gasteiger partial charge in [-0.3, -0.25) is 4.99 Å². The number of hydrogen-bond donors (Lipinski definition) is 1. The maximum atomic E-state index is 11.3. The SMILES string of the molecule is CCNC(=NCCS(C)(=O)=O)N1CCC(CSc2ccccc2)C1.I. The number of thioether (sulfide) groups is 1. The normalized spacial score (nSPS) is 18.1. The summed E-state index contributed by atoms with van der Waals surface area (Å²) in [6, 6.07) is 10.5. The van der Waals surface area contributed by atoms with Crippen LogP contribution in [0.3, 0.4) is 0 Å².